The zero-order valence-corrected chi connectivity index (χ0v) is 9.37. The molecule has 1 aromatic carbocycles. The summed E-state index contributed by atoms with van der Waals surface area (Å²) in [6.07, 6.45) is -4.64. The van der Waals surface area contributed by atoms with Crippen LogP contribution in [0.1, 0.15) is 15.9 Å². The third-order valence-corrected chi connectivity index (χ3v) is 2.54. The maximum absolute atomic E-state index is 12.4. The molecule has 15 heavy (non-hydrogen) atoms. The molecule has 0 aromatic heterocycles. The molecule has 0 bridgehead atoms. The Morgan fingerprint density at radius 2 is 1.93 bits per heavy atom. The molecule has 0 fully saturated rings. The lowest BCUT2D eigenvalue weighted by atomic mass is 10.1. The first-order valence-electron chi connectivity index (χ1n) is 3.59. The van der Waals surface area contributed by atoms with Gasteiger partial charge in [0, 0.05) is 15.7 Å². The molecule has 2 nitrogen and oxygen atoms in total. The summed E-state index contributed by atoms with van der Waals surface area (Å²) in [5.74, 6) is 0. The number of hydrogen-bond acceptors (Lipinski definition) is 2. The number of nitrogen functional groups attached to an aromatic ring is 1. The summed E-state index contributed by atoms with van der Waals surface area (Å²) in [4.78, 5) is 10.8. The highest BCUT2D eigenvalue weighted by Crippen LogP contribution is 2.36. The number of alkyl halides is 3. The van der Waals surface area contributed by atoms with Gasteiger partial charge in [0.25, 0.3) is 5.24 Å². The van der Waals surface area contributed by atoms with Crippen LogP contribution in [0.15, 0.2) is 16.6 Å². The van der Waals surface area contributed by atoms with Gasteiger partial charge in [-0.3, -0.25) is 4.79 Å². The molecular formula is C8H4BrClF3NO. The van der Waals surface area contributed by atoms with Crippen LogP contribution in [0.2, 0.25) is 0 Å². The van der Waals surface area contributed by atoms with Crippen LogP contribution in [0, 0.1) is 0 Å². The molecule has 1 rings (SSSR count). The standard InChI is InChI=1S/C8H4BrClF3NO/c9-5-2-4(8(11,12)13)3(7(10)15)1-6(5)14/h1-2H,14H2. The summed E-state index contributed by atoms with van der Waals surface area (Å²) >= 11 is 7.87. The monoisotopic (exact) mass is 301 g/mol. The Balaban J connectivity index is 3.49. The quantitative estimate of drug-likeness (QED) is 0.638. The van der Waals surface area contributed by atoms with Gasteiger partial charge in [0.1, 0.15) is 0 Å². The molecule has 0 unspecified atom stereocenters. The lowest BCUT2D eigenvalue weighted by Gasteiger charge is -2.11. The second-order valence-electron chi connectivity index (χ2n) is 2.69. The van der Waals surface area contributed by atoms with E-state index in [0.717, 1.165) is 12.1 Å². The second kappa shape index (κ2) is 4.02. The Morgan fingerprint density at radius 1 is 1.40 bits per heavy atom. The van der Waals surface area contributed by atoms with Gasteiger partial charge in [0.2, 0.25) is 0 Å². The zero-order valence-electron chi connectivity index (χ0n) is 7.03. The van der Waals surface area contributed by atoms with Crippen molar-refractivity contribution in [3.8, 4) is 0 Å². The van der Waals surface area contributed by atoms with Crippen LogP contribution in [0.4, 0.5) is 18.9 Å². The van der Waals surface area contributed by atoms with Crippen molar-refractivity contribution in [3.05, 3.63) is 27.7 Å². The van der Waals surface area contributed by atoms with Crippen LogP contribution in [0.25, 0.3) is 0 Å². The third kappa shape index (κ3) is 2.63. The fourth-order valence-electron chi connectivity index (χ4n) is 0.987. The predicted molar refractivity (Wildman–Crippen MR) is 53.7 cm³/mol. The van der Waals surface area contributed by atoms with Gasteiger partial charge < -0.3 is 5.73 Å². The third-order valence-electron chi connectivity index (χ3n) is 1.65. The van der Waals surface area contributed by atoms with Crippen molar-refractivity contribution in [2.24, 2.45) is 0 Å². The van der Waals surface area contributed by atoms with Crippen molar-refractivity contribution in [3.63, 3.8) is 0 Å². The molecule has 0 aliphatic rings. The highest BCUT2D eigenvalue weighted by Gasteiger charge is 2.35. The first kappa shape index (κ1) is 12.3. The summed E-state index contributed by atoms with van der Waals surface area (Å²) in [5.41, 5.74) is 3.61. The number of anilines is 1. The summed E-state index contributed by atoms with van der Waals surface area (Å²) in [6, 6.07) is 1.62. The highest BCUT2D eigenvalue weighted by molar-refractivity contribution is 9.10. The molecule has 2 N–H and O–H groups in total. The highest BCUT2D eigenvalue weighted by atomic mass is 79.9. The van der Waals surface area contributed by atoms with Crippen LogP contribution >= 0.6 is 27.5 Å². The average Bonchev–Trinajstić information content (AvgIpc) is 2.06. The van der Waals surface area contributed by atoms with Crippen molar-refractivity contribution in [1.82, 2.24) is 0 Å². The van der Waals surface area contributed by atoms with Crippen molar-refractivity contribution < 1.29 is 18.0 Å². The van der Waals surface area contributed by atoms with E-state index in [9.17, 15) is 18.0 Å². The van der Waals surface area contributed by atoms with Gasteiger partial charge in [-0.2, -0.15) is 13.2 Å². The normalized spacial score (nSPS) is 11.5. The topological polar surface area (TPSA) is 43.1 Å². The molecule has 82 valence electrons. The fraction of sp³-hybridized carbons (Fsp3) is 0.125. The zero-order chi connectivity index (χ0) is 11.8. The number of halogens is 5. The Bertz CT molecular complexity index is 419. The number of nitrogens with two attached hydrogens (primary N) is 1. The molecule has 0 amide bonds. The van der Waals surface area contributed by atoms with E-state index in [2.05, 4.69) is 15.9 Å². The number of rotatable bonds is 1. The van der Waals surface area contributed by atoms with Crippen molar-refractivity contribution >= 4 is 38.5 Å². The first-order chi connectivity index (χ1) is 6.73. The second-order valence-corrected chi connectivity index (χ2v) is 3.89. The molecule has 0 spiro atoms. The molecule has 0 radical (unpaired) electrons. The lowest BCUT2D eigenvalue weighted by Crippen LogP contribution is -2.11. The summed E-state index contributed by atoms with van der Waals surface area (Å²) in [7, 11) is 0. The number of benzene rings is 1. The fourth-order valence-corrected chi connectivity index (χ4v) is 1.49. The smallest absolute Gasteiger partial charge is 0.398 e. The Morgan fingerprint density at radius 3 is 2.33 bits per heavy atom. The summed E-state index contributed by atoms with van der Waals surface area (Å²) in [5, 5.41) is -1.19. The molecule has 1 aromatic rings. The van der Waals surface area contributed by atoms with Gasteiger partial charge in [0.15, 0.2) is 0 Å². The molecule has 7 heteroatoms. The minimum atomic E-state index is -4.64. The minimum Gasteiger partial charge on any atom is -0.398 e. The Labute approximate surface area is 96.3 Å². The van der Waals surface area contributed by atoms with Gasteiger partial charge in [0.05, 0.1) is 5.56 Å². The molecular weight excluding hydrogens is 298 g/mol. The molecule has 0 aliphatic heterocycles. The van der Waals surface area contributed by atoms with E-state index in [0.29, 0.717) is 0 Å². The minimum absolute atomic E-state index is 0.0204. The van der Waals surface area contributed by atoms with Gasteiger partial charge in [-0.25, -0.2) is 0 Å². The molecule has 0 heterocycles. The SMILES string of the molecule is Nc1cc(C(=O)Cl)c(C(F)(F)F)cc1Br. The average molecular weight is 302 g/mol. The van der Waals surface area contributed by atoms with Gasteiger partial charge in [-0.05, 0) is 39.7 Å². The summed E-state index contributed by atoms with van der Waals surface area (Å²) in [6.45, 7) is 0. The predicted octanol–water partition coefficient (Wildman–Crippen LogP) is 3.43. The van der Waals surface area contributed by atoms with Gasteiger partial charge in [-0.1, -0.05) is 0 Å². The van der Waals surface area contributed by atoms with Crippen LogP contribution in [-0.2, 0) is 6.18 Å². The lowest BCUT2D eigenvalue weighted by molar-refractivity contribution is -0.137. The number of carbonyl (C=O) groups excluding carboxylic acids is 1. The van der Waals surface area contributed by atoms with Gasteiger partial charge in [-0.15, -0.1) is 0 Å². The van der Waals surface area contributed by atoms with E-state index >= 15 is 0 Å². The largest absolute Gasteiger partial charge is 0.417 e. The Hall–Kier alpha value is -0.750. The van der Waals surface area contributed by atoms with Crippen LogP contribution < -0.4 is 5.73 Å². The molecule has 0 saturated heterocycles. The van der Waals surface area contributed by atoms with E-state index < -0.39 is 22.5 Å². The van der Waals surface area contributed by atoms with E-state index in [1.165, 1.54) is 0 Å². The maximum Gasteiger partial charge on any atom is 0.417 e. The molecule has 0 aliphatic carbocycles. The molecule has 0 atom stereocenters. The number of carbonyl (C=O) groups is 1. The van der Waals surface area contributed by atoms with Gasteiger partial charge >= 0.3 is 6.18 Å². The van der Waals surface area contributed by atoms with E-state index in [1.54, 1.807) is 0 Å². The van der Waals surface area contributed by atoms with Crippen molar-refractivity contribution in [2.45, 2.75) is 6.18 Å². The van der Waals surface area contributed by atoms with Crippen LogP contribution in [0.3, 0.4) is 0 Å². The maximum atomic E-state index is 12.4. The van der Waals surface area contributed by atoms with E-state index in [4.69, 9.17) is 17.3 Å². The Kier molecular flexibility index (Phi) is 3.30. The van der Waals surface area contributed by atoms with Crippen LogP contribution in [0.5, 0.6) is 0 Å². The molecule has 0 saturated carbocycles. The van der Waals surface area contributed by atoms with E-state index in [1.807, 2.05) is 0 Å². The van der Waals surface area contributed by atoms with Crippen molar-refractivity contribution in [1.29, 1.82) is 0 Å². The first-order valence-corrected chi connectivity index (χ1v) is 4.76. The van der Waals surface area contributed by atoms with E-state index in [-0.39, 0.29) is 10.2 Å². The van der Waals surface area contributed by atoms with Crippen molar-refractivity contribution in [2.75, 3.05) is 5.73 Å². The number of hydrogen-bond donors (Lipinski definition) is 1. The summed E-state index contributed by atoms with van der Waals surface area (Å²) < 4.78 is 37.4. The van der Waals surface area contributed by atoms with Crippen LogP contribution in [-0.4, -0.2) is 5.24 Å².